The Kier molecular flexibility index (Phi) is 3.86. The van der Waals surface area contributed by atoms with Crippen molar-refractivity contribution in [2.24, 2.45) is 5.92 Å². The molecule has 1 atom stereocenters. The lowest BCUT2D eigenvalue weighted by atomic mass is 10.0. The van der Waals surface area contributed by atoms with Crippen LogP contribution in [0.25, 0.3) is 0 Å². The Bertz CT molecular complexity index is 458. The van der Waals surface area contributed by atoms with Crippen molar-refractivity contribution >= 4 is 28.3 Å². The number of carboxylic acid groups (broad SMARTS) is 1. The second-order valence-electron chi connectivity index (χ2n) is 4.59. The third-order valence-electron chi connectivity index (χ3n) is 3.06. The molecule has 0 aliphatic carbocycles. The van der Waals surface area contributed by atoms with Crippen LogP contribution < -0.4 is 5.32 Å². The molecule has 1 aromatic heterocycles. The molecule has 2 heterocycles. The first-order chi connectivity index (χ1) is 8.58. The number of carbonyl (C=O) groups is 2. The summed E-state index contributed by atoms with van der Waals surface area (Å²) in [4.78, 5) is 24.7. The molecule has 0 bridgehead atoms. The van der Waals surface area contributed by atoms with E-state index in [1.807, 2.05) is 0 Å². The molecule has 1 aliphatic rings. The topological polar surface area (TPSA) is 69.6 Å². The molecule has 0 saturated carbocycles. The Hall–Kier alpha value is -1.56. The second kappa shape index (κ2) is 5.39. The van der Waals surface area contributed by atoms with Crippen LogP contribution >= 0.6 is 11.3 Å². The molecule has 0 unspecified atom stereocenters. The number of thiophene rings is 1. The van der Waals surface area contributed by atoms with Gasteiger partial charge in [-0.3, -0.25) is 5.32 Å². The highest BCUT2D eigenvalue weighted by atomic mass is 32.1. The van der Waals surface area contributed by atoms with E-state index in [4.69, 9.17) is 5.11 Å². The summed E-state index contributed by atoms with van der Waals surface area (Å²) in [5.41, 5.74) is 0.151. The number of piperidine rings is 1. The largest absolute Gasteiger partial charge is 0.478 e. The molecule has 1 aromatic rings. The summed E-state index contributed by atoms with van der Waals surface area (Å²) in [6.07, 6.45) is 2.15. The van der Waals surface area contributed by atoms with Crippen LogP contribution in [-0.2, 0) is 0 Å². The van der Waals surface area contributed by atoms with E-state index in [1.54, 1.807) is 10.3 Å². The summed E-state index contributed by atoms with van der Waals surface area (Å²) in [5, 5.41) is 13.7. The van der Waals surface area contributed by atoms with Gasteiger partial charge in [0.05, 0.1) is 5.56 Å². The molecule has 6 heteroatoms. The molecule has 1 saturated heterocycles. The van der Waals surface area contributed by atoms with Gasteiger partial charge in [-0.1, -0.05) is 6.92 Å². The minimum Gasteiger partial charge on any atom is -0.478 e. The average Bonchev–Trinajstić information content (AvgIpc) is 2.77. The highest BCUT2D eigenvalue weighted by Gasteiger charge is 2.22. The smallest absolute Gasteiger partial charge is 0.338 e. The van der Waals surface area contributed by atoms with Gasteiger partial charge >= 0.3 is 12.0 Å². The molecule has 2 rings (SSSR count). The molecular weight excluding hydrogens is 252 g/mol. The molecular formula is C12H16N2O3S. The van der Waals surface area contributed by atoms with Crippen LogP contribution in [0.15, 0.2) is 11.4 Å². The number of amides is 2. The van der Waals surface area contributed by atoms with Crippen molar-refractivity contribution in [3.8, 4) is 0 Å². The van der Waals surface area contributed by atoms with Gasteiger partial charge in [0.1, 0.15) is 5.00 Å². The summed E-state index contributed by atoms with van der Waals surface area (Å²) >= 11 is 1.23. The van der Waals surface area contributed by atoms with Crippen molar-refractivity contribution < 1.29 is 14.7 Å². The fraction of sp³-hybridized carbons (Fsp3) is 0.500. The summed E-state index contributed by atoms with van der Waals surface area (Å²) < 4.78 is 0. The quantitative estimate of drug-likeness (QED) is 0.866. The van der Waals surface area contributed by atoms with E-state index in [-0.39, 0.29) is 11.6 Å². The predicted molar refractivity (Wildman–Crippen MR) is 70.3 cm³/mol. The van der Waals surface area contributed by atoms with Gasteiger partial charge in [-0.05, 0) is 30.2 Å². The van der Waals surface area contributed by atoms with Crippen LogP contribution in [0.1, 0.15) is 30.1 Å². The van der Waals surface area contributed by atoms with Crippen LogP contribution in [0.3, 0.4) is 0 Å². The number of aromatic carboxylic acids is 1. The number of nitrogens with one attached hydrogen (secondary N) is 1. The minimum atomic E-state index is -1.02. The summed E-state index contributed by atoms with van der Waals surface area (Å²) in [6, 6.07) is 1.30. The third kappa shape index (κ3) is 2.81. The number of nitrogens with zero attached hydrogens (tertiary/aromatic N) is 1. The van der Waals surface area contributed by atoms with Crippen LogP contribution in [0.2, 0.25) is 0 Å². The first-order valence-corrected chi connectivity index (χ1v) is 6.82. The number of carbonyl (C=O) groups excluding carboxylic acids is 1. The third-order valence-corrected chi connectivity index (χ3v) is 3.89. The van der Waals surface area contributed by atoms with Crippen molar-refractivity contribution in [1.82, 2.24) is 4.90 Å². The van der Waals surface area contributed by atoms with Gasteiger partial charge < -0.3 is 10.0 Å². The van der Waals surface area contributed by atoms with Gasteiger partial charge in [0.2, 0.25) is 0 Å². The predicted octanol–water partition coefficient (Wildman–Crippen LogP) is 2.71. The molecule has 5 nitrogen and oxygen atoms in total. The average molecular weight is 268 g/mol. The molecule has 2 amide bonds. The fourth-order valence-corrected chi connectivity index (χ4v) is 2.89. The van der Waals surface area contributed by atoms with Gasteiger partial charge in [-0.25, -0.2) is 9.59 Å². The van der Waals surface area contributed by atoms with E-state index >= 15 is 0 Å². The summed E-state index contributed by atoms with van der Waals surface area (Å²) in [5.74, 6) is -0.509. The second-order valence-corrected chi connectivity index (χ2v) is 5.51. The van der Waals surface area contributed by atoms with Crippen molar-refractivity contribution in [3.05, 3.63) is 17.0 Å². The SMILES string of the molecule is C[C@@H]1CCCN(C(=O)Nc2sccc2C(=O)O)C1. The Morgan fingerprint density at radius 2 is 2.33 bits per heavy atom. The normalized spacial score (nSPS) is 19.6. The van der Waals surface area contributed by atoms with Crippen LogP contribution in [0.4, 0.5) is 9.80 Å². The molecule has 1 aliphatic heterocycles. The fourth-order valence-electron chi connectivity index (χ4n) is 2.12. The van der Waals surface area contributed by atoms with Crippen LogP contribution in [-0.4, -0.2) is 35.1 Å². The number of likely N-dealkylation sites (tertiary alicyclic amines) is 1. The van der Waals surface area contributed by atoms with E-state index in [2.05, 4.69) is 12.2 Å². The highest BCUT2D eigenvalue weighted by Crippen LogP contribution is 2.24. The lowest BCUT2D eigenvalue weighted by molar-refractivity contribution is 0.0698. The van der Waals surface area contributed by atoms with E-state index in [0.717, 1.165) is 25.9 Å². The number of anilines is 1. The van der Waals surface area contributed by atoms with Crippen molar-refractivity contribution in [2.75, 3.05) is 18.4 Å². The number of carboxylic acids is 1. The molecule has 18 heavy (non-hydrogen) atoms. The van der Waals surface area contributed by atoms with Crippen molar-refractivity contribution in [2.45, 2.75) is 19.8 Å². The van der Waals surface area contributed by atoms with E-state index in [1.165, 1.54) is 17.4 Å². The van der Waals surface area contributed by atoms with E-state index in [9.17, 15) is 9.59 Å². The molecule has 0 spiro atoms. The summed E-state index contributed by atoms with van der Waals surface area (Å²) in [6.45, 7) is 3.59. The van der Waals surface area contributed by atoms with Crippen LogP contribution in [0.5, 0.6) is 0 Å². The maximum absolute atomic E-state index is 12.0. The number of rotatable bonds is 2. The number of urea groups is 1. The molecule has 0 radical (unpaired) electrons. The monoisotopic (exact) mass is 268 g/mol. The maximum atomic E-state index is 12.0. The highest BCUT2D eigenvalue weighted by molar-refractivity contribution is 7.14. The molecule has 98 valence electrons. The Morgan fingerprint density at radius 3 is 3.00 bits per heavy atom. The van der Waals surface area contributed by atoms with Gasteiger partial charge in [-0.15, -0.1) is 11.3 Å². The van der Waals surface area contributed by atoms with E-state index in [0.29, 0.717) is 10.9 Å². The van der Waals surface area contributed by atoms with Gasteiger partial charge in [0.15, 0.2) is 0 Å². The molecule has 2 N–H and O–H groups in total. The zero-order valence-electron chi connectivity index (χ0n) is 10.2. The standard InChI is InChI=1S/C12H16N2O3S/c1-8-3-2-5-14(7-8)12(17)13-10-9(11(15)16)4-6-18-10/h4,6,8H,2-3,5,7H2,1H3,(H,13,17)(H,15,16)/t8-/m1/s1. The number of hydrogen-bond acceptors (Lipinski definition) is 3. The number of hydrogen-bond donors (Lipinski definition) is 2. The van der Waals surface area contributed by atoms with Crippen molar-refractivity contribution in [1.29, 1.82) is 0 Å². The van der Waals surface area contributed by atoms with Gasteiger partial charge in [0.25, 0.3) is 0 Å². The zero-order chi connectivity index (χ0) is 13.1. The lowest BCUT2D eigenvalue weighted by Gasteiger charge is -2.30. The Labute approximate surface area is 109 Å². The van der Waals surface area contributed by atoms with Crippen LogP contribution in [0, 0.1) is 5.92 Å². The Balaban J connectivity index is 2.02. The zero-order valence-corrected chi connectivity index (χ0v) is 11.0. The molecule has 0 aromatic carbocycles. The van der Waals surface area contributed by atoms with E-state index < -0.39 is 5.97 Å². The maximum Gasteiger partial charge on any atom is 0.338 e. The van der Waals surface area contributed by atoms with Gasteiger partial charge in [-0.2, -0.15) is 0 Å². The Morgan fingerprint density at radius 1 is 1.56 bits per heavy atom. The first-order valence-electron chi connectivity index (χ1n) is 5.94. The minimum absolute atomic E-state index is 0.151. The van der Waals surface area contributed by atoms with Crippen molar-refractivity contribution in [3.63, 3.8) is 0 Å². The summed E-state index contributed by atoms with van der Waals surface area (Å²) in [7, 11) is 0. The molecule has 1 fully saturated rings. The van der Waals surface area contributed by atoms with Gasteiger partial charge in [0, 0.05) is 13.1 Å². The lowest BCUT2D eigenvalue weighted by Crippen LogP contribution is -2.41. The first kappa shape index (κ1) is 12.9.